The lowest BCUT2D eigenvalue weighted by Gasteiger charge is -2.14. The Morgan fingerprint density at radius 3 is 2.69 bits per heavy atom. The molecule has 4 rings (SSSR count). The molecule has 9 nitrogen and oxygen atoms in total. The van der Waals surface area contributed by atoms with Crippen LogP contribution in [0.25, 0.3) is 11.3 Å². The van der Waals surface area contributed by atoms with Crippen molar-refractivity contribution in [3.05, 3.63) is 48.7 Å². The predicted molar refractivity (Wildman–Crippen MR) is 101 cm³/mol. The van der Waals surface area contributed by atoms with E-state index in [0.717, 1.165) is 12.1 Å². The zero-order valence-electron chi connectivity index (χ0n) is 15.1. The van der Waals surface area contributed by atoms with E-state index in [1.54, 1.807) is 6.07 Å². The number of fused-ring (bicyclic) bond motifs is 1. The number of nitrogens with two attached hydrogens (primary N) is 1. The standard InChI is InChI=1S/C17H16F3N9/c1-2-23-13-6-15(27-29-14(21)7-24-16(13)29)26-11-3-10(17(18,19)20)4-12(5-11)28-9-22-8-25-28/h3-9,23H,2,21H2,1H3,(H,26,27). The number of nitrogens with zero attached hydrogens (tertiary/aromatic N) is 6. The van der Waals surface area contributed by atoms with Crippen LogP contribution in [-0.4, -0.2) is 35.9 Å². The molecule has 0 aliphatic carbocycles. The fraction of sp³-hybridized carbons (Fsp3) is 0.176. The number of hydrogen-bond donors (Lipinski definition) is 3. The third kappa shape index (κ3) is 3.63. The molecule has 0 fully saturated rings. The fourth-order valence-corrected chi connectivity index (χ4v) is 2.84. The number of aromatic nitrogens is 6. The lowest BCUT2D eigenvalue weighted by Crippen LogP contribution is -2.09. The number of hydrogen-bond acceptors (Lipinski definition) is 7. The van der Waals surface area contributed by atoms with E-state index in [1.165, 1.54) is 34.1 Å². The summed E-state index contributed by atoms with van der Waals surface area (Å²) in [4.78, 5) is 7.98. The van der Waals surface area contributed by atoms with E-state index in [9.17, 15) is 13.2 Å². The maximum Gasteiger partial charge on any atom is 0.416 e. The van der Waals surface area contributed by atoms with Crippen LogP contribution in [0.5, 0.6) is 0 Å². The van der Waals surface area contributed by atoms with Crippen molar-refractivity contribution in [2.24, 2.45) is 0 Å². The molecule has 0 atom stereocenters. The van der Waals surface area contributed by atoms with Gasteiger partial charge in [0.05, 0.1) is 23.1 Å². The smallest absolute Gasteiger partial charge is 0.382 e. The highest BCUT2D eigenvalue weighted by Crippen LogP contribution is 2.34. The zero-order valence-corrected chi connectivity index (χ0v) is 15.1. The summed E-state index contributed by atoms with van der Waals surface area (Å²) in [7, 11) is 0. The SMILES string of the molecule is CCNc1cc(Nc2cc(-n3cncn3)cc(C(F)(F)F)c2)nn2c(N)cnc12. The normalized spacial score (nSPS) is 11.7. The summed E-state index contributed by atoms with van der Waals surface area (Å²) >= 11 is 0. The Balaban J connectivity index is 1.79. The fourth-order valence-electron chi connectivity index (χ4n) is 2.84. The minimum atomic E-state index is -4.53. The molecular weight excluding hydrogens is 387 g/mol. The molecule has 12 heteroatoms. The van der Waals surface area contributed by atoms with Crippen molar-refractivity contribution in [3.8, 4) is 5.69 Å². The number of benzene rings is 1. The van der Waals surface area contributed by atoms with Crippen molar-refractivity contribution in [3.63, 3.8) is 0 Å². The molecule has 0 saturated heterocycles. The number of halogens is 3. The summed E-state index contributed by atoms with van der Waals surface area (Å²) in [6, 6.07) is 5.16. The molecule has 0 unspecified atom stereocenters. The Labute approximate surface area is 162 Å². The monoisotopic (exact) mass is 403 g/mol. The van der Waals surface area contributed by atoms with Gasteiger partial charge in [-0.15, -0.1) is 5.10 Å². The van der Waals surface area contributed by atoms with E-state index in [-0.39, 0.29) is 11.4 Å². The molecule has 29 heavy (non-hydrogen) atoms. The zero-order chi connectivity index (χ0) is 20.6. The minimum Gasteiger partial charge on any atom is -0.382 e. The van der Waals surface area contributed by atoms with Gasteiger partial charge in [-0.3, -0.25) is 0 Å². The van der Waals surface area contributed by atoms with Crippen molar-refractivity contribution in [1.29, 1.82) is 0 Å². The minimum absolute atomic E-state index is 0.179. The van der Waals surface area contributed by atoms with Crippen LogP contribution in [0, 0.1) is 0 Å². The molecule has 0 bridgehead atoms. The highest BCUT2D eigenvalue weighted by molar-refractivity contribution is 5.74. The van der Waals surface area contributed by atoms with Crippen LogP contribution in [-0.2, 0) is 6.18 Å². The van der Waals surface area contributed by atoms with Crippen LogP contribution >= 0.6 is 0 Å². The number of rotatable bonds is 5. The predicted octanol–water partition coefficient (Wildman–Crippen LogP) is 3.09. The van der Waals surface area contributed by atoms with Gasteiger partial charge in [0, 0.05) is 18.3 Å². The van der Waals surface area contributed by atoms with Crippen molar-refractivity contribution in [1.82, 2.24) is 29.4 Å². The number of imidazole rings is 1. The average Bonchev–Trinajstić information content (AvgIpc) is 3.32. The van der Waals surface area contributed by atoms with Gasteiger partial charge in [0.2, 0.25) is 0 Å². The highest BCUT2D eigenvalue weighted by Gasteiger charge is 2.31. The molecule has 4 aromatic rings. The van der Waals surface area contributed by atoms with E-state index in [0.29, 0.717) is 29.5 Å². The second-order valence-corrected chi connectivity index (χ2v) is 6.12. The first-order valence-corrected chi connectivity index (χ1v) is 8.57. The lowest BCUT2D eigenvalue weighted by molar-refractivity contribution is -0.137. The van der Waals surface area contributed by atoms with Gasteiger partial charge < -0.3 is 16.4 Å². The molecule has 150 valence electrons. The van der Waals surface area contributed by atoms with Gasteiger partial charge in [0.15, 0.2) is 11.5 Å². The summed E-state index contributed by atoms with van der Waals surface area (Å²) in [5.74, 6) is 0.595. The second kappa shape index (κ2) is 6.96. The molecule has 3 aromatic heterocycles. The van der Waals surface area contributed by atoms with Crippen LogP contribution in [0.2, 0.25) is 0 Å². The first-order chi connectivity index (χ1) is 13.8. The Bertz CT molecular complexity index is 1150. The first-order valence-electron chi connectivity index (χ1n) is 8.57. The summed E-state index contributed by atoms with van der Waals surface area (Å²) in [6.07, 6.45) is -0.513. The van der Waals surface area contributed by atoms with E-state index >= 15 is 0 Å². The number of nitrogen functional groups attached to an aromatic ring is 1. The summed E-state index contributed by atoms with van der Waals surface area (Å²) in [5, 5.41) is 14.3. The summed E-state index contributed by atoms with van der Waals surface area (Å²) in [6.45, 7) is 2.53. The van der Waals surface area contributed by atoms with E-state index < -0.39 is 11.7 Å². The van der Waals surface area contributed by atoms with Crippen LogP contribution < -0.4 is 16.4 Å². The van der Waals surface area contributed by atoms with Gasteiger partial charge in [-0.1, -0.05) is 0 Å². The van der Waals surface area contributed by atoms with Crippen molar-refractivity contribution >= 4 is 28.7 Å². The van der Waals surface area contributed by atoms with Crippen molar-refractivity contribution in [2.45, 2.75) is 13.1 Å². The third-order valence-electron chi connectivity index (χ3n) is 4.06. The molecule has 0 aliphatic rings. The lowest BCUT2D eigenvalue weighted by atomic mass is 10.1. The van der Waals surface area contributed by atoms with Crippen LogP contribution in [0.3, 0.4) is 0 Å². The first kappa shape index (κ1) is 18.5. The maximum absolute atomic E-state index is 13.4. The van der Waals surface area contributed by atoms with Crippen molar-refractivity contribution < 1.29 is 13.2 Å². The highest BCUT2D eigenvalue weighted by atomic mass is 19.4. The number of anilines is 4. The molecule has 0 saturated carbocycles. The average molecular weight is 403 g/mol. The largest absolute Gasteiger partial charge is 0.416 e. The van der Waals surface area contributed by atoms with Gasteiger partial charge in [-0.2, -0.15) is 22.8 Å². The Kier molecular flexibility index (Phi) is 4.45. The van der Waals surface area contributed by atoms with Gasteiger partial charge in [0.1, 0.15) is 18.5 Å². The van der Waals surface area contributed by atoms with Gasteiger partial charge in [-0.25, -0.2) is 14.6 Å². The van der Waals surface area contributed by atoms with Crippen LogP contribution in [0.1, 0.15) is 12.5 Å². The van der Waals surface area contributed by atoms with Gasteiger partial charge >= 0.3 is 6.18 Å². The van der Waals surface area contributed by atoms with E-state index in [1.807, 2.05) is 6.92 Å². The molecule has 0 spiro atoms. The number of nitrogens with one attached hydrogen (secondary N) is 2. The number of alkyl halides is 3. The maximum atomic E-state index is 13.4. The Hall–Kier alpha value is -3.83. The summed E-state index contributed by atoms with van der Waals surface area (Å²) < 4.78 is 42.8. The van der Waals surface area contributed by atoms with Crippen LogP contribution in [0.4, 0.5) is 36.2 Å². The molecule has 0 aliphatic heterocycles. The molecule has 3 heterocycles. The second-order valence-electron chi connectivity index (χ2n) is 6.12. The molecule has 0 amide bonds. The van der Waals surface area contributed by atoms with E-state index in [2.05, 4.69) is 30.8 Å². The Morgan fingerprint density at radius 2 is 2.00 bits per heavy atom. The van der Waals surface area contributed by atoms with E-state index in [4.69, 9.17) is 5.73 Å². The molecular formula is C17H16F3N9. The topological polar surface area (TPSA) is 111 Å². The van der Waals surface area contributed by atoms with Crippen LogP contribution in [0.15, 0.2) is 43.1 Å². The third-order valence-corrected chi connectivity index (χ3v) is 4.06. The van der Waals surface area contributed by atoms with Gasteiger partial charge in [0.25, 0.3) is 0 Å². The summed E-state index contributed by atoms with van der Waals surface area (Å²) in [5.41, 5.74) is 6.60. The van der Waals surface area contributed by atoms with Gasteiger partial charge in [-0.05, 0) is 25.1 Å². The quantitative estimate of drug-likeness (QED) is 0.470. The molecule has 0 radical (unpaired) electrons. The Morgan fingerprint density at radius 1 is 1.17 bits per heavy atom. The van der Waals surface area contributed by atoms with Crippen molar-refractivity contribution in [2.75, 3.05) is 22.9 Å². The molecule has 4 N–H and O–H groups in total. The molecule has 1 aromatic carbocycles.